The fourth-order valence-electron chi connectivity index (χ4n) is 1.85. The van der Waals surface area contributed by atoms with Crippen LogP contribution in [-0.4, -0.2) is 15.1 Å². The maximum atomic E-state index is 13.8. The number of aryl methyl sites for hydroxylation is 1. The summed E-state index contributed by atoms with van der Waals surface area (Å²) in [5, 5.41) is 3.82. The van der Waals surface area contributed by atoms with E-state index in [1.165, 1.54) is 12.1 Å². The number of hydrogen-bond acceptors (Lipinski definition) is 5. The van der Waals surface area contributed by atoms with E-state index in [0.717, 1.165) is 5.56 Å². The molecule has 0 atom stereocenters. The van der Waals surface area contributed by atoms with Crippen molar-refractivity contribution < 1.29 is 8.91 Å². The molecule has 20 heavy (non-hydrogen) atoms. The Kier molecular flexibility index (Phi) is 2.90. The molecule has 6 heteroatoms. The van der Waals surface area contributed by atoms with Gasteiger partial charge in [0.15, 0.2) is 0 Å². The quantitative estimate of drug-likeness (QED) is 0.724. The van der Waals surface area contributed by atoms with Gasteiger partial charge in [-0.1, -0.05) is 11.2 Å². The first-order valence-corrected chi connectivity index (χ1v) is 5.96. The minimum atomic E-state index is -0.502. The molecule has 3 rings (SSSR count). The zero-order valence-electron chi connectivity index (χ0n) is 10.7. The summed E-state index contributed by atoms with van der Waals surface area (Å²) in [6.45, 7) is 1.93. The summed E-state index contributed by atoms with van der Waals surface area (Å²) in [6, 6.07) is 8.07. The van der Waals surface area contributed by atoms with Crippen molar-refractivity contribution in [3.8, 4) is 23.0 Å². The molecule has 0 aliphatic rings. The van der Waals surface area contributed by atoms with Crippen molar-refractivity contribution in [2.24, 2.45) is 0 Å². The maximum Gasteiger partial charge on any atom is 0.263 e. The number of rotatable bonds is 2. The zero-order valence-corrected chi connectivity index (χ0v) is 10.7. The molecule has 0 fully saturated rings. The van der Waals surface area contributed by atoms with E-state index in [1.807, 2.05) is 19.1 Å². The molecule has 3 aromatic rings. The Bertz CT molecular complexity index is 749. The average molecular weight is 270 g/mol. The van der Waals surface area contributed by atoms with E-state index in [4.69, 9.17) is 10.3 Å². The summed E-state index contributed by atoms with van der Waals surface area (Å²) in [7, 11) is 0. The van der Waals surface area contributed by atoms with Crippen LogP contribution in [0.15, 0.2) is 41.1 Å². The molecule has 100 valence electrons. The van der Waals surface area contributed by atoms with Crippen molar-refractivity contribution in [3.63, 3.8) is 0 Å². The fraction of sp³-hybridized carbons (Fsp3) is 0.0714. The molecular weight excluding hydrogens is 259 g/mol. The summed E-state index contributed by atoms with van der Waals surface area (Å²) < 4.78 is 18.9. The normalized spacial score (nSPS) is 10.7. The SMILES string of the molecule is Cc1ccnc(-c2noc(-c3c(N)cccc3F)n2)c1. The van der Waals surface area contributed by atoms with Gasteiger partial charge >= 0.3 is 0 Å². The van der Waals surface area contributed by atoms with Gasteiger partial charge in [0.05, 0.1) is 5.56 Å². The molecule has 5 nitrogen and oxygen atoms in total. The number of nitrogen functional groups attached to an aromatic ring is 1. The first-order chi connectivity index (χ1) is 9.65. The monoisotopic (exact) mass is 270 g/mol. The van der Waals surface area contributed by atoms with E-state index in [1.54, 1.807) is 12.3 Å². The molecule has 0 radical (unpaired) electrons. The van der Waals surface area contributed by atoms with Gasteiger partial charge in [-0.15, -0.1) is 0 Å². The van der Waals surface area contributed by atoms with Crippen LogP contribution in [-0.2, 0) is 0 Å². The van der Waals surface area contributed by atoms with Gasteiger partial charge in [0.1, 0.15) is 11.5 Å². The van der Waals surface area contributed by atoms with Gasteiger partial charge in [-0.3, -0.25) is 4.98 Å². The van der Waals surface area contributed by atoms with Gasteiger partial charge in [-0.05, 0) is 36.8 Å². The van der Waals surface area contributed by atoms with E-state index in [0.29, 0.717) is 11.5 Å². The third-order valence-corrected chi connectivity index (χ3v) is 2.83. The molecule has 0 bridgehead atoms. The molecular formula is C14H11FN4O. The number of benzene rings is 1. The van der Waals surface area contributed by atoms with Crippen molar-refractivity contribution in [2.45, 2.75) is 6.92 Å². The summed E-state index contributed by atoms with van der Waals surface area (Å²) in [5.41, 5.74) is 7.68. The van der Waals surface area contributed by atoms with E-state index in [9.17, 15) is 4.39 Å². The number of halogens is 1. The van der Waals surface area contributed by atoms with Crippen LogP contribution in [0.2, 0.25) is 0 Å². The van der Waals surface area contributed by atoms with Crippen molar-refractivity contribution in [3.05, 3.63) is 47.9 Å². The van der Waals surface area contributed by atoms with E-state index < -0.39 is 5.82 Å². The van der Waals surface area contributed by atoms with Crippen LogP contribution in [0.4, 0.5) is 10.1 Å². The highest BCUT2D eigenvalue weighted by Crippen LogP contribution is 2.28. The lowest BCUT2D eigenvalue weighted by Crippen LogP contribution is -1.93. The molecule has 0 saturated heterocycles. The summed E-state index contributed by atoms with van der Waals surface area (Å²) in [4.78, 5) is 8.30. The van der Waals surface area contributed by atoms with Crippen LogP contribution >= 0.6 is 0 Å². The van der Waals surface area contributed by atoms with Gasteiger partial charge in [0.2, 0.25) is 5.82 Å². The number of pyridine rings is 1. The minimum absolute atomic E-state index is 0.0407. The molecule has 2 aromatic heterocycles. The highest BCUT2D eigenvalue weighted by molar-refractivity contribution is 5.71. The lowest BCUT2D eigenvalue weighted by atomic mass is 10.1. The van der Waals surface area contributed by atoms with E-state index in [-0.39, 0.29) is 17.1 Å². The zero-order chi connectivity index (χ0) is 14.1. The third kappa shape index (κ3) is 2.11. The number of hydrogen-bond donors (Lipinski definition) is 1. The second-order valence-electron chi connectivity index (χ2n) is 4.35. The summed E-state index contributed by atoms with van der Waals surface area (Å²) in [5.74, 6) is -0.164. The molecule has 0 unspecified atom stereocenters. The Morgan fingerprint density at radius 3 is 2.85 bits per heavy atom. The Labute approximate surface area is 114 Å². The molecule has 2 N–H and O–H groups in total. The highest BCUT2D eigenvalue weighted by Gasteiger charge is 2.17. The predicted octanol–water partition coefficient (Wildman–Crippen LogP) is 2.83. The van der Waals surface area contributed by atoms with Crippen molar-refractivity contribution in [1.82, 2.24) is 15.1 Å². The largest absolute Gasteiger partial charge is 0.398 e. The van der Waals surface area contributed by atoms with Crippen molar-refractivity contribution >= 4 is 5.69 Å². The number of anilines is 1. The lowest BCUT2D eigenvalue weighted by molar-refractivity contribution is 0.429. The minimum Gasteiger partial charge on any atom is -0.398 e. The van der Waals surface area contributed by atoms with E-state index in [2.05, 4.69) is 15.1 Å². The van der Waals surface area contributed by atoms with Crippen LogP contribution in [0.1, 0.15) is 5.56 Å². The van der Waals surface area contributed by atoms with Gasteiger partial charge < -0.3 is 10.3 Å². The fourth-order valence-corrected chi connectivity index (χ4v) is 1.85. The summed E-state index contributed by atoms with van der Waals surface area (Å²) in [6.07, 6.45) is 1.65. The van der Waals surface area contributed by atoms with Gasteiger partial charge in [0.25, 0.3) is 5.89 Å². The highest BCUT2D eigenvalue weighted by atomic mass is 19.1. The van der Waals surface area contributed by atoms with Gasteiger partial charge in [-0.25, -0.2) is 4.39 Å². The Morgan fingerprint density at radius 2 is 2.10 bits per heavy atom. The van der Waals surface area contributed by atoms with E-state index >= 15 is 0 Å². The number of nitrogens with zero attached hydrogens (tertiary/aromatic N) is 3. The summed E-state index contributed by atoms with van der Waals surface area (Å²) >= 11 is 0. The third-order valence-electron chi connectivity index (χ3n) is 2.83. The van der Waals surface area contributed by atoms with Crippen molar-refractivity contribution in [1.29, 1.82) is 0 Å². The molecule has 1 aromatic carbocycles. The van der Waals surface area contributed by atoms with Crippen LogP contribution in [0.5, 0.6) is 0 Å². The molecule has 0 saturated carbocycles. The topological polar surface area (TPSA) is 77.8 Å². The van der Waals surface area contributed by atoms with Crippen LogP contribution in [0, 0.1) is 12.7 Å². The average Bonchev–Trinajstić information content (AvgIpc) is 2.88. The maximum absolute atomic E-state index is 13.8. The van der Waals surface area contributed by atoms with Crippen LogP contribution in [0.25, 0.3) is 23.0 Å². The number of aromatic nitrogens is 3. The van der Waals surface area contributed by atoms with Gasteiger partial charge in [0, 0.05) is 11.9 Å². The Balaban J connectivity index is 2.07. The second kappa shape index (κ2) is 4.73. The number of nitrogens with two attached hydrogens (primary N) is 1. The standard InChI is InChI=1S/C14H11FN4O/c1-8-5-6-17-11(7-8)13-18-14(20-19-13)12-9(15)3-2-4-10(12)16/h2-7H,16H2,1H3. The molecule has 0 amide bonds. The van der Waals surface area contributed by atoms with Crippen LogP contribution < -0.4 is 5.73 Å². The molecule has 2 heterocycles. The van der Waals surface area contributed by atoms with Crippen molar-refractivity contribution in [2.75, 3.05) is 5.73 Å². The first-order valence-electron chi connectivity index (χ1n) is 5.96. The predicted molar refractivity (Wildman–Crippen MR) is 72.1 cm³/mol. The smallest absolute Gasteiger partial charge is 0.263 e. The second-order valence-corrected chi connectivity index (χ2v) is 4.35. The first kappa shape index (κ1) is 12.3. The Morgan fingerprint density at radius 1 is 1.25 bits per heavy atom. The molecule has 0 aliphatic heterocycles. The molecule has 0 aliphatic carbocycles. The Hall–Kier alpha value is -2.76. The van der Waals surface area contributed by atoms with Gasteiger partial charge in [-0.2, -0.15) is 4.98 Å². The van der Waals surface area contributed by atoms with Crippen LogP contribution in [0.3, 0.4) is 0 Å². The lowest BCUT2D eigenvalue weighted by Gasteiger charge is -2.00. The molecule has 0 spiro atoms.